The van der Waals surface area contributed by atoms with Gasteiger partial charge in [0.25, 0.3) is 0 Å². The van der Waals surface area contributed by atoms with Crippen molar-refractivity contribution in [2.75, 3.05) is 11.4 Å². The Morgan fingerprint density at radius 1 is 1.00 bits per heavy atom. The molecule has 1 saturated heterocycles. The van der Waals surface area contributed by atoms with E-state index in [-0.39, 0.29) is 17.6 Å². The van der Waals surface area contributed by atoms with Gasteiger partial charge in [-0.25, -0.2) is 4.98 Å². The number of carbonyl (C=O) groups is 3. The minimum absolute atomic E-state index is 0.0405. The molecule has 0 aliphatic carbocycles. The van der Waals surface area contributed by atoms with Gasteiger partial charge in [-0.05, 0) is 42.9 Å². The van der Waals surface area contributed by atoms with Crippen molar-refractivity contribution in [3.05, 3.63) is 82.3 Å². The fraction of sp³-hybridized carbons (Fsp3) is 0.333. The molecule has 0 saturated carbocycles. The number of nitrogens with zero attached hydrogens (tertiary/aromatic N) is 3. The molecule has 6 nitrogen and oxygen atoms in total. The summed E-state index contributed by atoms with van der Waals surface area (Å²) in [6, 6.07) is 16.7. The molecule has 2 atom stereocenters. The number of aryl methyl sites for hydroxylation is 1. The summed E-state index contributed by atoms with van der Waals surface area (Å²) in [6.07, 6.45) is 5.41. The van der Waals surface area contributed by atoms with E-state index in [9.17, 15) is 14.4 Å². The molecule has 2 aromatic carbocycles. The first-order valence-corrected chi connectivity index (χ1v) is 12.7. The number of carbonyl (C=O) groups excluding carboxylic acids is 3. The van der Waals surface area contributed by atoms with Crippen molar-refractivity contribution in [2.45, 2.75) is 50.6 Å². The smallest absolute Gasteiger partial charge is 0.246 e. The number of para-hydroxylation sites is 1. The van der Waals surface area contributed by atoms with E-state index in [1.54, 1.807) is 21.4 Å². The largest absolute Gasteiger partial charge is 0.330 e. The molecule has 0 radical (unpaired) electrons. The van der Waals surface area contributed by atoms with Crippen LogP contribution in [0, 0.1) is 0 Å². The molecule has 2 aliphatic heterocycles. The van der Waals surface area contributed by atoms with Crippen LogP contribution >= 0.6 is 11.3 Å². The van der Waals surface area contributed by atoms with Gasteiger partial charge in [-0.2, -0.15) is 0 Å². The van der Waals surface area contributed by atoms with Crippen LogP contribution in [-0.2, 0) is 22.4 Å². The Morgan fingerprint density at radius 3 is 2.59 bits per heavy atom. The summed E-state index contributed by atoms with van der Waals surface area (Å²) in [7, 11) is 0. The maximum Gasteiger partial charge on any atom is 0.246 e. The second-order valence-electron chi connectivity index (χ2n) is 8.84. The third-order valence-electron chi connectivity index (χ3n) is 6.71. The first kappa shape index (κ1) is 22.5. The van der Waals surface area contributed by atoms with E-state index in [1.807, 2.05) is 42.5 Å². The molecule has 2 aliphatic rings. The zero-order chi connectivity index (χ0) is 23.5. The number of hydrogen-bond acceptors (Lipinski definition) is 5. The summed E-state index contributed by atoms with van der Waals surface area (Å²) in [4.78, 5) is 47.7. The number of rotatable bonds is 7. The standard InChI is InChI=1S/C27H27N3O3S/c31-24(14-6-10-19-8-2-1-3-9-19)30-21-12-5-4-11-20(21)18-23(30)27(33)29-16-7-13-22(29)25(32)26-28-15-17-34-26/h1-5,8-9,11-12,15,17,22-23H,6-7,10,13-14,16,18H2/t22-,23-/m0/s1. The highest BCUT2D eigenvalue weighted by Gasteiger charge is 2.44. The quantitative estimate of drug-likeness (QED) is 0.480. The number of ketones is 1. The number of anilines is 1. The maximum atomic E-state index is 13.8. The Hall–Kier alpha value is -3.32. The van der Waals surface area contributed by atoms with E-state index in [1.165, 1.54) is 16.9 Å². The summed E-state index contributed by atoms with van der Waals surface area (Å²) in [5, 5.41) is 2.21. The van der Waals surface area contributed by atoms with Crippen molar-refractivity contribution in [1.29, 1.82) is 0 Å². The number of hydrogen-bond donors (Lipinski definition) is 0. The zero-order valence-electron chi connectivity index (χ0n) is 18.9. The van der Waals surface area contributed by atoms with Crippen LogP contribution in [0.4, 0.5) is 5.69 Å². The summed E-state index contributed by atoms with van der Waals surface area (Å²) in [5.41, 5.74) is 3.01. The first-order chi connectivity index (χ1) is 16.6. The van der Waals surface area contributed by atoms with Gasteiger partial charge in [0, 0.05) is 36.7 Å². The molecule has 1 aromatic heterocycles. The summed E-state index contributed by atoms with van der Waals surface area (Å²) >= 11 is 1.30. The van der Waals surface area contributed by atoms with E-state index in [0.717, 1.165) is 30.5 Å². The Morgan fingerprint density at radius 2 is 1.79 bits per heavy atom. The summed E-state index contributed by atoms with van der Waals surface area (Å²) < 4.78 is 0. The van der Waals surface area contributed by atoms with Crippen LogP contribution in [0.2, 0.25) is 0 Å². The number of aromatic nitrogens is 1. The van der Waals surface area contributed by atoms with Crippen LogP contribution in [0.15, 0.2) is 66.2 Å². The Balaban J connectivity index is 1.33. The normalized spacial score (nSPS) is 19.3. The van der Waals surface area contributed by atoms with Crippen molar-refractivity contribution in [1.82, 2.24) is 9.88 Å². The number of likely N-dealkylation sites (tertiary alicyclic amines) is 1. The fourth-order valence-electron chi connectivity index (χ4n) is 5.08. The number of fused-ring (bicyclic) bond motifs is 1. The third kappa shape index (κ3) is 4.40. The van der Waals surface area contributed by atoms with E-state index < -0.39 is 12.1 Å². The minimum atomic E-state index is -0.605. The lowest BCUT2D eigenvalue weighted by Crippen LogP contribution is -2.52. The fourth-order valence-corrected chi connectivity index (χ4v) is 5.71. The van der Waals surface area contributed by atoms with Crippen molar-refractivity contribution in [3.63, 3.8) is 0 Å². The molecule has 0 spiro atoms. The Labute approximate surface area is 203 Å². The first-order valence-electron chi connectivity index (χ1n) is 11.8. The number of benzene rings is 2. The van der Waals surface area contributed by atoms with Crippen molar-refractivity contribution in [3.8, 4) is 0 Å². The highest BCUT2D eigenvalue weighted by molar-refractivity contribution is 7.11. The van der Waals surface area contributed by atoms with Crippen molar-refractivity contribution in [2.24, 2.45) is 0 Å². The van der Waals surface area contributed by atoms with Gasteiger partial charge in [-0.3, -0.25) is 19.3 Å². The van der Waals surface area contributed by atoms with Crippen molar-refractivity contribution >= 4 is 34.6 Å². The van der Waals surface area contributed by atoms with Gasteiger partial charge in [0.15, 0.2) is 5.01 Å². The molecule has 5 rings (SSSR count). The molecule has 0 N–H and O–H groups in total. The van der Waals surface area contributed by atoms with Gasteiger partial charge in [0.2, 0.25) is 17.6 Å². The van der Waals surface area contributed by atoms with Gasteiger partial charge >= 0.3 is 0 Å². The molecule has 174 valence electrons. The van der Waals surface area contributed by atoms with Gasteiger partial charge in [-0.15, -0.1) is 11.3 Å². The van der Waals surface area contributed by atoms with Gasteiger partial charge < -0.3 is 4.90 Å². The van der Waals surface area contributed by atoms with E-state index >= 15 is 0 Å². The lowest BCUT2D eigenvalue weighted by atomic mass is 10.1. The SMILES string of the molecule is O=C(c1nccs1)[C@@H]1CCCN1C(=O)[C@@H]1Cc2ccccc2N1C(=O)CCCc1ccccc1. The molecule has 3 aromatic rings. The zero-order valence-corrected chi connectivity index (χ0v) is 19.7. The van der Waals surface area contributed by atoms with Crippen LogP contribution in [0.1, 0.15) is 46.6 Å². The lowest BCUT2D eigenvalue weighted by Gasteiger charge is -2.31. The highest BCUT2D eigenvalue weighted by Crippen LogP contribution is 2.35. The van der Waals surface area contributed by atoms with E-state index in [2.05, 4.69) is 17.1 Å². The third-order valence-corrected chi connectivity index (χ3v) is 7.50. The van der Waals surface area contributed by atoms with E-state index in [4.69, 9.17) is 0 Å². The number of thiazole rings is 1. The monoisotopic (exact) mass is 473 g/mol. The predicted octanol–water partition coefficient (Wildman–Crippen LogP) is 4.30. The molecule has 7 heteroatoms. The van der Waals surface area contributed by atoms with Gasteiger partial charge in [0.05, 0.1) is 6.04 Å². The maximum absolute atomic E-state index is 13.8. The Bertz CT molecular complexity index is 1180. The second kappa shape index (κ2) is 9.89. The lowest BCUT2D eigenvalue weighted by molar-refractivity contribution is -0.134. The molecule has 34 heavy (non-hydrogen) atoms. The molecule has 1 fully saturated rings. The molecule has 0 bridgehead atoms. The Kier molecular flexibility index (Phi) is 6.54. The molecular formula is C27H27N3O3S. The average molecular weight is 474 g/mol. The van der Waals surface area contributed by atoms with E-state index in [0.29, 0.717) is 30.8 Å². The average Bonchev–Trinajstić information content (AvgIpc) is 3.63. The molecule has 3 heterocycles. The summed E-state index contributed by atoms with van der Waals surface area (Å²) in [6.45, 7) is 0.531. The second-order valence-corrected chi connectivity index (χ2v) is 9.74. The number of amides is 2. The van der Waals surface area contributed by atoms with Crippen LogP contribution in [0.3, 0.4) is 0 Å². The topological polar surface area (TPSA) is 70.6 Å². The summed E-state index contributed by atoms with van der Waals surface area (Å²) in [5.74, 6) is -0.279. The molecular weight excluding hydrogens is 446 g/mol. The van der Waals surface area contributed by atoms with Crippen LogP contribution in [0.5, 0.6) is 0 Å². The predicted molar refractivity (Wildman–Crippen MR) is 132 cm³/mol. The van der Waals surface area contributed by atoms with Gasteiger partial charge in [-0.1, -0.05) is 48.5 Å². The van der Waals surface area contributed by atoms with Crippen LogP contribution in [-0.4, -0.2) is 46.1 Å². The number of Topliss-reactive ketones (excluding diaryl/α,β-unsaturated/α-hetero) is 1. The molecule has 0 unspecified atom stereocenters. The van der Waals surface area contributed by atoms with Crippen LogP contribution in [0.25, 0.3) is 0 Å². The minimum Gasteiger partial charge on any atom is -0.330 e. The van der Waals surface area contributed by atoms with Gasteiger partial charge in [0.1, 0.15) is 6.04 Å². The highest BCUT2D eigenvalue weighted by atomic mass is 32.1. The molecule has 2 amide bonds. The van der Waals surface area contributed by atoms with Crippen molar-refractivity contribution < 1.29 is 14.4 Å². The van der Waals surface area contributed by atoms with Crippen LogP contribution < -0.4 is 4.90 Å².